The second kappa shape index (κ2) is 11.9. The van der Waals surface area contributed by atoms with E-state index in [0.29, 0.717) is 24.4 Å². The summed E-state index contributed by atoms with van der Waals surface area (Å²) in [7, 11) is 0. The summed E-state index contributed by atoms with van der Waals surface area (Å²) in [6.45, 7) is 18.4. The van der Waals surface area contributed by atoms with Crippen molar-refractivity contribution >= 4 is 17.9 Å². The molecule has 6 rings (SSSR count). The Bertz CT molecular complexity index is 1250. The van der Waals surface area contributed by atoms with E-state index in [1.165, 1.54) is 19.4 Å². The fourth-order valence-corrected chi connectivity index (χ4v) is 12.5. The van der Waals surface area contributed by atoms with Crippen LogP contribution in [0, 0.1) is 56.7 Å². The molecule has 0 aromatic heterocycles. The van der Waals surface area contributed by atoms with Gasteiger partial charge in [0, 0.05) is 25.7 Å². The van der Waals surface area contributed by atoms with Gasteiger partial charge in [0.05, 0.1) is 12.0 Å². The second-order valence-corrected chi connectivity index (χ2v) is 17.4. The molecule has 1 heterocycles. The molecular formula is C39H60O7. The van der Waals surface area contributed by atoms with Crippen molar-refractivity contribution in [2.24, 2.45) is 56.7 Å². The second-order valence-electron chi connectivity index (χ2n) is 17.4. The van der Waals surface area contributed by atoms with Crippen molar-refractivity contribution < 1.29 is 33.3 Å². The van der Waals surface area contributed by atoms with Gasteiger partial charge in [0.2, 0.25) is 6.29 Å². The van der Waals surface area contributed by atoms with Gasteiger partial charge in [-0.2, -0.15) is 0 Å². The number of carbonyl (C=O) groups is 3. The van der Waals surface area contributed by atoms with E-state index in [4.69, 9.17) is 18.9 Å². The standard InChI is InChI=1S/C39H60O7/c1-24-14-19-39(34(42)46-32-11-9-10-22-43-32)21-20-37(7)28(33(39)25(24)2)12-13-30-35(5)17-16-31(45-27(4)41)36(6,23-44-26(3)40)29(35)15-18-38(30,37)8/h12,24-25,29-33H,9-11,13-23H2,1-8H3/t24-,25+,29?,30-,31+,32?,33+,35+,36?,37-,38-,39+/m1/s1. The first kappa shape index (κ1) is 34.0. The van der Waals surface area contributed by atoms with Crippen LogP contribution < -0.4 is 0 Å². The monoisotopic (exact) mass is 640 g/mol. The molecule has 46 heavy (non-hydrogen) atoms. The summed E-state index contributed by atoms with van der Waals surface area (Å²) in [5.41, 5.74) is 0.632. The molecule has 258 valence electrons. The minimum absolute atomic E-state index is 0.000841. The summed E-state index contributed by atoms with van der Waals surface area (Å²) < 4.78 is 23.9. The molecule has 0 bridgehead atoms. The van der Waals surface area contributed by atoms with Gasteiger partial charge >= 0.3 is 17.9 Å². The maximum Gasteiger partial charge on any atom is 0.315 e. The van der Waals surface area contributed by atoms with Gasteiger partial charge in [-0.1, -0.05) is 53.2 Å². The molecule has 4 saturated carbocycles. The average molecular weight is 641 g/mol. The number of carbonyl (C=O) groups excluding carboxylic acids is 3. The van der Waals surface area contributed by atoms with Crippen LogP contribution in [0.2, 0.25) is 0 Å². The molecule has 6 aliphatic rings. The van der Waals surface area contributed by atoms with Gasteiger partial charge in [0.1, 0.15) is 12.7 Å². The van der Waals surface area contributed by atoms with E-state index in [1.807, 2.05) is 0 Å². The fraction of sp³-hybridized carbons (Fsp3) is 0.872. The Labute approximate surface area is 277 Å². The smallest absolute Gasteiger partial charge is 0.315 e. The molecule has 7 nitrogen and oxygen atoms in total. The number of allylic oxidation sites excluding steroid dienone is 2. The first-order valence-electron chi connectivity index (χ1n) is 18.5. The first-order valence-corrected chi connectivity index (χ1v) is 18.5. The molecule has 12 atom stereocenters. The predicted octanol–water partition coefficient (Wildman–Crippen LogP) is 8.19. The predicted molar refractivity (Wildman–Crippen MR) is 175 cm³/mol. The number of hydrogen-bond donors (Lipinski definition) is 0. The van der Waals surface area contributed by atoms with E-state index >= 15 is 0 Å². The number of rotatable bonds is 5. The van der Waals surface area contributed by atoms with E-state index < -0.39 is 17.1 Å². The van der Waals surface area contributed by atoms with Crippen molar-refractivity contribution in [3.05, 3.63) is 11.6 Å². The summed E-state index contributed by atoms with van der Waals surface area (Å²) in [5, 5.41) is 0. The highest BCUT2D eigenvalue weighted by atomic mass is 16.7. The van der Waals surface area contributed by atoms with E-state index in [0.717, 1.165) is 77.0 Å². The molecule has 3 unspecified atom stereocenters. The van der Waals surface area contributed by atoms with Crippen LogP contribution in [0.3, 0.4) is 0 Å². The SMILES string of the molecule is CC(=O)OCC1(C)C2CC[C@]3(C)[C@H](CC=C4[C@@H]5[C@@H](C)[C@H](C)CC[C@]5(C(=O)OC5CCCCO5)CC[C@]43C)[C@@]2(C)CC[C@@H]1OC(C)=O. The number of fused-ring (bicyclic) bond motifs is 7. The van der Waals surface area contributed by atoms with Crippen LogP contribution in [0.4, 0.5) is 0 Å². The topological polar surface area (TPSA) is 88.1 Å². The van der Waals surface area contributed by atoms with Gasteiger partial charge in [-0.25, -0.2) is 0 Å². The molecule has 1 aliphatic heterocycles. The van der Waals surface area contributed by atoms with Crippen LogP contribution in [0.15, 0.2) is 11.6 Å². The largest absolute Gasteiger partial charge is 0.465 e. The summed E-state index contributed by atoms with van der Waals surface area (Å²) in [4.78, 5) is 38.6. The quantitative estimate of drug-likeness (QED) is 0.170. The van der Waals surface area contributed by atoms with E-state index in [-0.39, 0.29) is 58.7 Å². The van der Waals surface area contributed by atoms with E-state index in [2.05, 4.69) is 47.6 Å². The average Bonchev–Trinajstić information content (AvgIpc) is 3.00. The maximum atomic E-state index is 14.3. The van der Waals surface area contributed by atoms with Gasteiger partial charge in [-0.05, 0) is 116 Å². The lowest BCUT2D eigenvalue weighted by atomic mass is 9.33. The van der Waals surface area contributed by atoms with Crippen molar-refractivity contribution in [2.45, 2.75) is 145 Å². The lowest BCUT2D eigenvalue weighted by Crippen LogP contribution is -2.66. The molecule has 0 aromatic rings. The Hall–Kier alpha value is -1.89. The Kier molecular flexibility index (Phi) is 8.80. The lowest BCUT2D eigenvalue weighted by Gasteiger charge is -2.71. The van der Waals surface area contributed by atoms with Crippen molar-refractivity contribution in [3.63, 3.8) is 0 Å². The highest BCUT2D eigenvalue weighted by Gasteiger charge is 2.70. The van der Waals surface area contributed by atoms with Crippen LogP contribution in [-0.2, 0) is 33.3 Å². The lowest BCUT2D eigenvalue weighted by molar-refractivity contribution is -0.230. The summed E-state index contributed by atoms with van der Waals surface area (Å²) in [5.74, 6) is 1.27. The van der Waals surface area contributed by atoms with Crippen LogP contribution >= 0.6 is 0 Å². The third-order valence-corrected chi connectivity index (χ3v) is 15.4. The molecule has 0 N–H and O–H groups in total. The summed E-state index contributed by atoms with van der Waals surface area (Å²) >= 11 is 0. The molecule has 0 radical (unpaired) electrons. The molecule has 0 aromatic carbocycles. The Morgan fingerprint density at radius 2 is 1.61 bits per heavy atom. The highest BCUT2D eigenvalue weighted by molar-refractivity contribution is 5.79. The fourth-order valence-electron chi connectivity index (χ4n) is 12.5. The summed E-state index contributed by atoms with van der Waals surface area (Å²) in [6, 6.07) is 0. The zero-order valence-electron chi connectivity index (χ0n) is 29.9. The maximum absolute atomic E-state index is 14.3. The number of ether oxygens (including phenoxy) is 4. The third-order valence-electron chi connectivity index (χ3n) is 15.4. The zero-order chi connectivity index (χ0) is 33.3. The number of esters is 3. The van der Waals surface area contributed by atoms with Gasteiger partial charge in [-0.15, -0.1) is 0 Å². The minimum Gasteiger partial charge on any atom is -0.465 e. The van der Waals surface area contributed by atoms with Crippen LogP contribution in [0.25, 0.3) is 0 Å². The highest BCUT2D eigenvalue weighted by Crippen LogP contribution is 2.76. The van der Waals surface area contributed by atoms with Gasteiger partial charge in [0.15, 0.2) is 0 Å². The van der Waals surface area contributed by atoms with Crippen molar-refractivity contribution in [1.29, 1.82) is 0 Å². The van der Waals surface area contributed by atoms with Crippen LogP contribution in [0.5, 0.6) is 0 Å². The van der Waals surface area contributed by atoms with Crippen molar-refractivity contribution in [3.8, 4) is 0 Å². The third kappa shape index (κ3) is 5.02. The van der Waals surface area contributed by atoms with Crippen molar-refractivity contribution in [1.82, 2.24) is 0 Å². The molecular weight excluding hydrogens is 580 g/mol. The Morgan fingerprint density at radius 3 is 2.28 bits per heavy atom. The molecule has 5 aliphatic carbocycles. The van der Waals surface area contributed by atoms with Gasteiger partial charge in [-0.3, -0.25) is 14.4 Å². The van der Waals surface area contributed by atoms with Gasteiger partial charge in [0.25, 0.3) is 0 Å². The van der Waals surface area contributed by atoms with Gasteiger partial charge < -0.3 is 18.9 Å². The normalized spacial score (nSPS) is 48.3. The van der Waals surface area contributed by atoms with Crippen molar-refractivity contribution in [2.75, 3.05) is 13.2 Å². The van der Waals surface area contributed by atoms with E-state index in [9.17, 15) is 14.4 Å². The Morgan fingerprint density at radius 1 is 0.848 bits per heavy atom. The molecule has 5 fully saturated rings. The van der Waals surface area contributed by atoms with Crippen LogP contribution in [-0.4, -0.2) is 43.5 Å². The first-order chi connectivity index (χ1) is 21.6. The number of hydrogen-bond acceptors (Lipinski definition) is 7. The van der Waals surface area contributed by atoms with Crippen LogP contribution in [0.1, 0.15) is 132 Å². The zero-order valence-corrected chi connectivity index (χ0v) is 29.9. The molecule has 0 spiro atoms. The molecule has 1 saturated heterocycles. The molecule has 0 amide bonds. The minimum atomic E-state index is -0.479. The molecule has 7 heteroatoms. The van der Waals surface area contributed by atoms with E-state index in [1.54, 1.807) is 0 Å². The summed E-state index contributed by atoms with van der Waals surface area (Å²) in [6.07, 6.45) is 13.4. The Balaban J connectivity index is 1.36.